The van der Waals surface area contributed by atoms with Crippen molar-refractivity contribution in [1.29, 1.82) is 5.26 Å². The van der Waals surface area contributed by atoms with E-state index in [2.05, 4.69) is 33.2 Å². The average Bonchev–Trinajstić information content (AvgIpc) is 2.46. The van der Waals surface area contributed by atoms with Crippen LogP contribution in [0.4, 0.5) is 17.3 Å². The Kier molecular flexibility index (Phi) is 4.09. The van der Waals surface area contributed by atoms with Crippen LogP contribution >= 0.6 is 0 Å². The van der Waals surface area contributed by atoms with Gasteiger partial charge in [-0.2, -0.15) is 5.26 Å². The summed E-state index contributed by atoms with van der Waals surface area (Å²) in [5.74, 6) is 1.33. The highest BCUT2D eigenvalue weighted by atomic mass is 15.1. The van der Waals surface area contributed by atoms with E-state index >= 15 is 0 Å². The van der Waals surface area contributed by atoms with Gasteiger partial charge in [0.1, 0.15) is 24.0 Å². The van der Waals surface area contributed by atoms with E-state index in [0.29, 0.717) is 23.7 Å². The molecule has 0 fully saturated rings. The summed E-state index contributed by atoms with van der Waals surface area (Å²) in [5, 5.41) is 15.2. The molecule has 0 spiro atoms. The Labute approximate surface area is 111 Å². The molecule has 5 nitrogen and oxygen atoms in total. The summed E-state index contributed by atoms with van der Waals surface area (Å²) in [4.78, 5) is 8.21. The van der Waals surface area contributed by atoms with E-state index in [1.807, 2.05) is 18.2 Å². The van der Waals surface area contributed by atoms with E-state index in [1.54, 1.807) is 18.2 Å². The van der Waals surface area contributed by atoms with Crippen LogP contribution in [-0.4, -0.2) is 16.5 Å². The molecule has 0 aliphatic carbocycles. The molecule has 2 N–H and O–H groups in total. The van der Waals surface area contributed by atoms with Gasteiger partial charge in [-0.05, 0) is 12.1 Å². The lowest BCUT2D eigenvalue weighted by Gasteiger charge is -2.08. The largest absolute Gasteiger partial charge is 0.366 e. The van der Waals surface area contributed by atoms with Crippen LogP contribution in [0.15, 0.2) is 49.3 Å². The average molecular weight is 251 g/mol. The van der Waals surface area contributed by atoms with E-state index < -0.39 is 0 Å². The van der Waals surface area contributed by atoms with Crippen LogP contribution in [0.3, 0.4) is 0 Å². The minimum atomic E-state index is 0.571. The molecule has 0 saturated carbocycles. The molecule has 5 heteroatoms. The van der Waals surface area contributed by atoms with Gasteiger partial charge < -0.3 is 10.6 Å². The molecule has 0 aliphatic rings. The number of rotatable bonds is 5. The first-order chi connectivity index (χ1) is 9.33. The van der Waals surface area contributed by atoms with Crippen LogP contribution in [0.5, 0.6) is 0 Å². The van der Waals surface area contributed by atoms with Crippen molar-refractivity contribution in [2.24, 2.45) is 0 Å². The maximum Gasteiger partial charge on any atom is 0.135 e. The topological polar surface area (TPSA) is 73.6 Å². The zero-order chi connectivity index (χ0) is 13.5. The second-order valence-electron chi connectivity index (χ2n) is 3.74. The van der Waals surface area contributed by atoms with E-state index in [0.717, 1.165) is 5.69 Å². The van der Waals surface area contributed by atoms with E-state index in [-0.39, 0.29) is 0 Å². The quantitative estimate of drug-likeness (QED) is 0.799. The van der Waals surface area contributed by atoms with Crippen LogP contribution in [0.25, 0.3) is 0 Å². The summed E-state index contributed by atoms with van der Waals surface area (Å²) in [5.41, 5.74) is 1.29. The summed E-state index contributed by atoms with van der Waals surface area (Å²) in [6.07, 6.45) is 3.21. The van der Waals surface area contributed by atoms with E-state index in [4.69, 9.17) is 5.26 Å². The summed E-state index contributed by atoms with van der Waals surface area (Å²) in [7, 11) is 0. The Hall–Kier alpha value is -2.87. The highest BCUT2D eigenvalue weighted by molar-refractivity contribution is 5.65. The Balaban J connectivity index is 2.19. The SMILES string of the molecule is C=CCNc1cc(Nc2ccccc2C#N)ncn1. The lowest BCUT2D eigenvalue weighted by atomic mass is 10.2. The number of hydrogen-bond acceptors (Lipinski definition) is 5. The maximum absolute atomic E-state index is 9.02. The Morgan fingerprint density at radius 3 is 2.84 bits per heavy atom. The van der Waals surface area contributed by atoms with Crippen molar-refractivity contribution in [2.75, 3.05) is 17.2 Å². The molecule has 19 heavy (non-hydrogen) atoms. The third-order valence-electron chi connectivity index (χ3n) is 2.40. The minimum absolute atomic E-state index is 0.571. The molecular formula is C14H13N5. The van der Waals surface area contributed by atoms with Gasteiger partial charge in [0.15, 0.2) is 0 Å². The summed E-state index contributed by atoms with van der Waals surface area (Å²) < 4.78 is 0. The Bertz CT molecular complexity index is 615. The Morgan fingerprint density at radius 1 is 1.26 bits per heavy atom. The molecule has 1 aromatic carbocycles. The molecule has 1 aromatic heterocycles. The normalized spacial score (nSPS) is 9.42. The van der Waals surface area contributed by atoms with Crippen molar-refractivity contribution >= 4 is 17.3 Å². The molecule has 0 radical (unpaired) electrons. The number of nitrogens with one attached hydrogen (secondary N) is 2. The number of benzene rings is 1. The molecule has 94 valence electrons. The Morgan fingerprint density at radius 2 is 2.05 bits per heavy atom. The number of hydrogen-bond donors (Lipinski definition) is 2. The van der Waals surface area contributed by atoms with Crippen LogP contribution in [0.2, 0.25) is 0 Å². The monoisotopic (exact) mass is 251 g/mol. The van der Waals surface area contributed by atoms with Crippen molar-refractivity contribution in [3.63, 3.8) is 0 Å². The van der Waals surface area contributed by atoms with Crippen LogP contribution in [-0.2, 0) is 0 Å². The lowest BCUT2D eigenvalue weighted by molar-refractivity contribution is 1.14. The first-order valence-corrected chi connectivity index (χ1v) is 5.76. The zero-order valence-corrected chi connectivity index (χ0v) is 10.3. The van der Waals surface area contributed by atoms with Gasteiger partial charge in [-0.25, -0.2) is 9.97 Å². The van der Waals surface area contributed by atoms with Gasteiger partial charge in [-0.1, -0.05) is 18.2 Å². The fraction of sp³-hybridized carbons (Fsp3) is 0.0714. The first-order valence-electron chi connectivity index (χ1n) is 5.76. The molecule has 0 unspecified atom stereocenters. The van der Waals surface area contributed by atoms with Crippen molar-refractivity contribution < 1.29 is 0 Å². The smallest absolute Gasteiger partial charge is 0.135 e. The van der Waals surface area contributed by atoms with Crippen molar-refractivity contribution in [2.45, 2.75) is 0 Å². The predicted molar refractivity (Wildman–Crippen MR) is 75.2 cm³/mol. The van der Waals surface area contributed by atoms with Crippen LogP contribution in [0.1, 0.15) is 5.56 Å². The number of anilines is 3. The molecule has 2 aromatic rings. The third-order valence-corrected chi connectivity index (χ3v) is 2.40. The molecule has 0 amide bonds. The van der Waals surface area contributed by atoms with Gasteiger partial charge in [0.2, 0.25) is 0 Å². The van der Waals surface area contributed by atoms with Gasteiger partial charge in [-0.15, -0.1) is 6.58 Å². The third kappa shape index (κ3) is 3.30. The van der Waals surface area contributed by atoms with E-state index in [9.17, 15) is 0 Å². The number of nitrogens with zero attached hydrogens (tertiary/aromatic N) is 3. The molecule has 0 atom stereocenters. The predicted octanol–water partition coefficient (Wildman–Crippen LogP) is 2.69. The lowest BCUT2D eigenvalue weighted by Crippen LogP contribution is -2.02. The van der Waals surface area contributed by atoms with Crippen LogP contribution in [0, 0.1) is 11.3 Å². The van der Waals surface area contributed by atoms with Crippen LogP contribution < -0.4 is 10.6 Å². The fourth-order valence-corrected chi connectivity index (χ4v) is 1.53. The standard InChI is InChI=1S/C14H13N5/c1-2-7-16-13-8-14(18-10-17-13)19-12-6-4-3-5-11(12)9-15/h2-6,8,10H,1,7H2,(H2,16,17,18,19). The molecule has 0 saturated heterocycles. The molecule has 2 rings (SSSR count). The summed E-state index contributed by atoms with van der Waals surface area (Å²) in [6.45, 7) is 4.26. The summed E-state index contributed by atoms with van der Waals surface area (Å²) >= 11 is 0. The van der Waals surface area contributed by atoms with Gasteiger partial charge >= 0.3 is 0 Å². The van der Waals surface area contributed by atoms with Gasteiger partial charge in [-0.3, -0.25) is 0 Å². The molecular weight excluding hydrogens is 238 g/mol. The second-order valence-corrected chi connectivity index (χ2v) is 3.74. The molecule has 1 heterocycles. The number of aromatic nitrogens is 2. The van der Waals surface area contributed by atoms with Gasteiger partial charge in [0, 0.05) is 12.6 Å². The first kappa shape index (κ1) is 12.6. The zero-order valence-electron chi connectivity index (χ0n) is 10.3. The highest BCUT2D eigenvalue weighted by Gasteiger charge is 2.03. The molecule has 0 bridgehead atoms. The van der Waals surface area contributed by atoms with Crippen molar-refractivity contribution in [1.82, 2.24) is 9.97 Å². The number of para-hydroxylation sites is 1. The highest BCUT2D eigenvalue weighted by Crippen LogP contribution is 2.19. The minimum Gasteiger partial charge on any atom is -0.366 e. The van der Waals surface area contributed by atoms with E-state index in [1.165, 1.54) is 6.33 Å². The molecule has 0 aliphatic heterocycles. The van der Waals surface area contributed by atoms with Crippen molar-refractivity contribution in [3.8, 4) is 6.07 Å². The van der Waals surface area contributed by atoms with Gasteiger partial charge in [0.05, 0.1) is 11.3 Å². The van der Waals surface area contributed by atoms with Crippen molar-refractivity contribution in [3.05, 3.63) is 54.9 Å². The fourth-order valence-electron chi connectivity index (χ4n) is 1.53. The summed E-state index contributed by atoms with van der Waals surface area (Å²) in [6, 6.07) is 11.2. The van der Waals surface area contributed by atoms with Gasteiger partial charge in [0.25, 0.3) is 0 Å². The second kappa shape index (κ2) is 6.17. The maximum atomic E-state index is 9.02. The number of nitriles is 1.